The van der Waals surface area contributed by atoms with Gasteiger partial charge in [-0.05, 0) is 67.4 Å². The smallest absolute Gasteiger partial charge is 0.335 e. The molecule has 0 bridgehead atoms. The number of amides is 4. The Hall–Kier alpha value is -3.16. The van der Waals surface area contributed by atoms with E-state index in [4.69, 9.17) is 16.0 Å². The minimum absolute atomic E-state index is 0.222. The van der Waals surface area contributed by atoms with Crippen molar-refractivity contribution in [1.29, 1.82) is 0 Å². The van der Waals surface area contributed by atoms with Crippen LogP contribution in [0.4, 0.5) is 10.5 Å². The number of carbonyl (C=O) groups is 3. The predicted octanol–water partition coefficient (Wildman–Crippen LogP) is 5.65. The highest BCUT2D eigenvalue weighted by Crippen LogP contribution is 2.32. The number of halogens is 2. The van der Waals surface area contributed by atoms with Gasteiger partial charge in [0, 0.05) is 15.1 Å². The second kappa shape index (κ2) is 8.17. The summed E-state index contributed by atoms with van der Waals surface area (Å²) in [5.74, 6) is -0.681. The standard InChI is InChI=1S/C23H16BrClN2O4/c1-12-3-7-16(18(24)9-12)20-8-6-15(31-20)11-17-21(28)26-23(30)27(22(17)29)14-5-4-13(2)19(25)10-14/h3-11H,1-2H3,(H,26,28,30)/b17-11+. The van der Waals surface area contributed by atoms with Crippen molar-refractivity contribution < 1.29 is 18.8 Å². The normalized spacial score (nSPS) is 15.5. The van der Waals surface area contributed by atoms with Crippen LogP contribution in [0.25, 0.3) is 17.4 Å². The summed E-state index contributed by atoms with van der Waals surface area (Å²) in [7, 11) is 0. The van der Waals surface area contributed by atoms with Crippen LogP contribution < -0.4 is 10.2 Å². The van der Waals surface area contributed by atoms with Crippen molar-refractivity contribution in [3.8, 4) is 11.3 Å². The molecule has 0 radical (unpaired) electrons. The largest absolute Gasteiger partial charge is 0.457 e. The third-order valence-electron chi connectivity index (χ3n) is 4.82. The maximum Gasteiger partial charge on any atom is 0.335 e. The molecule has 0 atom stereocenters. The summed E-state index contributed by atoms with van der Waals surface area (Å²) in [6.07, 6.45) is 1.32. The van der Waals surface area contributed by atoms with Gasteiger partial charge in [0.1, 0.15) is 17.1 Å². The van der Waals surface area contributed by atoms with E-state index < -0.39 is 17.8 Å². The fraction of sp³-hybridized carbons (Fsp3) is 0.0870. The highest BCUT2D eigenvalue weighted by molar-refractivity contribution is 9.10. The summed E-state index contributed by atoms with van der Waals surface area (Å²) in [6, 6.07) is 13.2. The first-order valence-electron chi connectivity index (χ1n) is 9.28. The lowest BCUT2D eigenvalue weighted by Crippen LogP contribution is -2.54. The highest BCUT2D eigenvalue weighted by atomic mass is 79.9. The van der Waals surface area contributed by atoms with Crippen molar-refractivity contribution in [2.75, 3.05) is 4.90 Å². The third kappa shape index (κ3) is 4.06. The third-order valence-corrected chi connectivity index (χ3v) is 5.88. The van der Waals surface area contributed by atoms with Crippen LogP contribution in [0.1, 0.15) is 16.9 Å². The molecular weight excluding hydrogens is 484 g/mol. The summed E-state index contributed by atoms with van der Waals surface area (Å²) in [5, 5.41) is 2.59. The Bertz CT molecular complexity index is 1280. The maximum absolute atomic E-state index is 13.0. The molecule has 1 fully saturated rings. The number of furan rings is 1. The molecule has 2 heterocycles. The number of hydrogen-bond acceptors (Lipinski definition) is 4. The van der Waals surface area contributed by atoms with Crippen LogP contribution in [0.3, 0.4) is 0 Å². The fourth-order valence-corrected chi connectivity index (χ4v) is 4.01. The van der Waals surface area contributed by atoms with Crippen LogP contribution in [0.2, 0.25) is 5.02 Å². The number of carbonyl (C=O) groups excluding carboxylic acids is 3. The molecule has 4 amide bonds. The Morgan fingerprint density at radius 3 is 2.52 bits per heavy atom. The van der Waals surface area contributed by atoms with Gasteiger partial charge in [0.15, 0.2) is 0 Å². The molecule has 1 N–H and O–H groups in total. The van der Waals surface area contributed by atoms with Crippen LogP contribution in [0.15, 0.2) is 63.0 Å². The molecule has 0 unspecified atom stereocenters. The molecule has 8 heteroatoms. The van der Waals surface area contributed by atoms with Crippen LogP contribution in [-0.2, 0) is 9.59 Å². The van der Waals surface area contributed by atoms with Gasteiger partial charge in [-0.15, -0.1) is 0 Å². The lowest BCUT2D eigenvalue weighted by molar-refractivity contribution is -0.122. The van der Waals surface area contributed by atoms with Crippen molar-refractivity contribution in [2.45, 2.75) is 13.8 Å². The molecule has 0 saturated carbocycles. The number of nitrogens with zero attached hydrogens (tertiary/aromatic N) is 1. The zero-order valence-electron chi connectivity index (χ0n) is 16.5. The number of benzene rings is 2. The van der Waals surface area contributed by atoms with E-state index in [1.54, 1.807) is 31.2 Å². The first-order valence-corrected chi connectivity index (χ1v) is 10.5. The molecule has 1 aliphatic heterocycles. The zero-order chi connectivity index (χ0) is 22.3. The summed E-state index contributed by atoms with van der Waals surface area (Å²) in [4.78, 5) is 38.6. The van der Waals surface area contributed by atoms with E-state index in [-0.39, 0.29) is 11.3 Å². The van der Waals surface area contributed by atoms with Gasteiger partial charge < -0.3 is 4.42 Å². The Kier molecular flexibility index (Phi) is 5.56. The number of rotatable bonds is 3. The lowest BCUT2D eigenvalue weighted by Gasteiger charge is -2.26. The number of imide groups is 2. The van der Waals surface area contributed by atoms with Crippen LogP contribution >= 0.6 is 27.5 Å². The molecule has 2 aromatic carbocycles. The Morgan fingerprint density at radius 1 is 1.03 bits per heavy atom. The monoisotopic (exact) mass is 498 g/mol. The first kappa shape index (κ1) is 21.1. The summed E-state index contributed by atoms with van der Waals surface area (Å²) in [6.45, 7) is 3.79. The molecule has 0 spiro atoms. The van der Waals surface area contributed by atoms with E-state index in [2.05, 4.69) is 21.2 Å². The van der Waals surface area contributed by atoms with Crippen LogP contribution in [0, 0.1) is 13.8 Å². The van der Waals surface area contributed by atoms with Crippen molar-refractivity contribution >= 4 is 57.1 Å². The number of aryl methyl sites for hydroxylation is 2. The Morgan fingerprint density at radius 2 is 1.81 bits per heavy atom. The minimum Gasteiger partial charge on any atom is -0.457 e. The van der Waals surface area contributed by atoms with Crippen molar-refractivity contribution in [2.24, 2.45) is 0 Å². The number of nitrogens with one attached hydrogen (secondary N) is 1. The molecular formula is C23H16BrClN2O4. The zero-order valence-corrected chi connectivity index (χ0v) is 18.9. The van der Waals surface area contributed by atoms with Gasteiger partial charge >= 0.3 is 6.03 Å². The number of anilines is 1. The number of urea groups is 1. The Labute approximate surface area is 191 Å². The van der Waals surface area contributed by atoms with Gasteiger partial charge in [-0.1, -0.05) is 39.7 Å². The summed E-state index contributed by atoms with van der Waals surface area (Å²) < 4.78 is 6.69. The first-order chi connectivity index (χ1) is 14.7. The Balaban J connectivity index is 1.69. The molecule has 3 aromatic rings. The fourth-order valence-electron chi connectivity index (χ4n) is 3.15. The van der Waals surface area contributed by atoms with E-state index >= 15 is 0 Å². The quantitative estimate of drug-likeness (QED) is 0.373. The number of barbiturate groups is 1. The minimum atomic E-state index is -0.837. The second-order valence-corrected chi connectivity index (χ2v) is 8.34. The predicted molar refractivity (Wildman–Crippen MR) is 122 cm³/mol. The molecule has 31 heavy (non-hydrogen) atoms. The van der Waals surface area contributed by atoms with Crippen LogP contribution in [0.5, 0.6) is 0 Å². The van der Waals surface area contributed by atoms with Crippen molar-refractivity contribution in [3.05, 3.63) is 80.5 Å². The van der Waals surface area contributed by atoms with Crippen molar-refractivity contribution in [1.82, 2.24) is 5.32 Å². The van der Waals surface area contributed by atoms with Gasteiger partial charge in [-0.2, -0.15) is 0 Å². The van der Waals surface area contributed by atoms with Gasteiger partial charge in [0.2, 0.25) is 0 Å². The molecule has 1 saturated heterocycles. The summed E-state index contributed by atoms with van der Waals surface area (Å²) in [5.41, 5.74) is 2.77. The number of hydrogen-bond donors (Lipinski definition) is 1. The molecule has 1 aromatic heterocycles. The molecule has 4 rings (SSSR count). The second-order valence-electron chi connectivity index (χ2n) is 7.08. The van der Waals surface area contributed by atoms with Gasteiger partial charge in [0.25, 0.3) is 11.8 Å². The lowest BCUT2D eigenvalue weighted by atomic mass is 10.1. The molecule has 6 nitrogen and oxygen atoms in total. The van der Waals surface area contributed by atoms with E-state index in [1.807, 2.05) is 25.1 Å². The van der Waals surface area contributed by atoms with E-state index in [0.717, 1.165) is 26.1 Å². The van der Waals surface area contributed by atoms with Gasteiger partial charge in [-0.3, -0.25) is 14.9 Å². The SMILES string of the molecule is Cc1ccc(-c2ccc(/C=C3\C(=O)NC(=O)N(c4ccc(C)c(Cl)c4)C3=O)o2)c(Br)c1. The molecule has 1 aliphatic rings. The average Bonchev–Trinajstić information content (AvgIpc) is 3.16. The van der Waals surface area contributed by atoms with E-state index in [9.17, 15) is 14.4 Å². The summed E-state index contributed by atoms with van der Waals surface area (Å²) >= 11 is 9.65. The maximum atomic E-state index is 13.0. The molecule has 156 valence electrons. The van der Waals surface area contributed by atoms with Crippen molar-refractivity contribution in [3.63, 3.8) is 0 Å². The van der Waals surface area contributed by atoms with E-state index in [1.165, 1.54) is 12.1 Å². The van der Waals surface area contributed by atoms with Crippen LogP contribution in [-0.4, -0.2) is 17.8 Å². The average molecular weight is 500 g/mol. The highest BCUT2D eigenvalue weighted by Gasteiger charge is 2.37. The van der Waals surface area contributed by atoms with Gasteiger partial charge in [-0.25, -0.2) is 9.69 Å². The topological polar surface area (TPSA) is 79.6 Å². The molecule has 0 aliphatic carbocycles. The van der Waals surface area contributed by atoms with Gasteiger partial charge in [0.05, 0.1) is 5.69 Å². The van der Waals surface area contributed by atoms with E-state index in [0.29, 0.717) is 16.5 Å².